The highest BCUT2D eigenvalue weighted by atomic mass is 14.3. The first-order chi connectivity index (χ1) is 16.4. The Bertz CT molecular complexity index is 1180. The molecule has 0 unspecified atom stereocenters. The third-order valence-corrected chi connectivity index (χ3v) is 6.06. The van der Waals surface area contributed by atoms with Gasteiger partial charge in [-0.1, -0.05) is 107 Å². The molecular weight excluding hydrogens is 432 g/mol. The van der Waals surface area contributed by atoms with Crippen LogP contribution in [0.5, 0.6) is 0 Å². The number of hydrogen-bond acceptors (Lipinski definition) is 0. The summed E-state index contributed by atoms with van der Waals surface area (Å²) >= 11 is 0. The third kappa shape index (κ3) is 8.72. The lowest BCUT2D eigenvalue weighted by molar-refractivity contribution is 0.567. The summed E-state index contributed by atoms with van der Waals surface area (Å²) in [4.78, 5) is 0. The molecule has 186 valence electrons. The van der Waals surface area contributed by atoms with Crippen LogP contribution in [0.25, 0.3) is 0 Å². The second-order valence-corrected chi connectivity index (χ2v) is 13.6. The predicted molar refractivity (Wildman–Crippen MR) is 157 cm³/mol. The normalized spacial score (nSPS) is 11.6. The van der Waals surface area contributed by atoms with Gasteiger partial charge >= 0.3 is 0 Å². The van der Waals surface area contributed by atoms with Gasteiger partial charge in [0.25, 0.3) is 0 Å². The van der Waals surface area contributed by atoms with Gasteiger partial charge in [0.15, 0.2) is 0 Å². The summed E-state index contributed by atoms with van der Waals surface area (Å²) in [6.45, 7) is 26.7. The summed E-state index contributed by atoms with van der Waals surface area (Å²) in [5.74, 6) is 23.6. The molecule has 0 aliphatic carbocycles. The standard InChI is InChI=1S/C36H42/c1-33(2,3)29-21-27(22-30(25-29)34(4,5)6)19-17-15-13-14-16-18-20-28-23-31(35(7,8)9)26-32(24-28)36(10,11)12/h21-26H,1-12H3. The molecule has 0 aromatic heterocycles. The minimum Gasteiger partial charge on any atom is -0.0561 e. The second kappa shape index (κ2) is 10.7. The van der Waals surface area contributed by atoms with Gasteiger partial charge in [-0.2, -0.15) is 0 Å². The zero-order chi connectivity index (χ0) is 27.4. The van der Waals surface area contributed by atoms with E-state index in [1.54, 1.807) is 0 Å². The molecule has 0 spiro atoms. The zero-order valence-corrected chi connectivity index (χ0v) is 24.5. The maximum atomic E-state index is 3.20. The van der Waals surface area contributed by atoms with E-state index in [1.165, 1.54) is 22.3 Å². The van der Waals surface area contributed by atoms with Crippen molar-refractivity contribution in [3.8, 4) is 47.4 Å². The van der Waals surface area contributed by atoms with Gasteiger partial charge in [0.05, 0.1) is 0 Å². The first-order valence-electron chi connectivity index (χ1n) is 12.7. The van der Waals surface area contributed by atoms with Crippen molar-refractivity contribution in [2.24, 2.45) is 0 Å². The second-order valence-electron chi connectivity index (χ2n) is 13.6. The van der Waals surface area contributed by atoms with Crippen molar-refractivity contribution in [3.05, 3.63) is 69.8 Å². The average molecular weight is 475 g/mol. The van der Waals surface area contributed by atoms with Gasteiger partial charge in [-0.05, 0) is 104 Å². The minimum atomic E-state index is 0.0631. The molecule has 2 rings (SSSR count). The van der Waals surface area contributed by atoms with Crippen molar-refractivity contribution in [1.82, 2.24) is 0 Å². The monoisotopic (exact) mass is 474 g/mol. The lowest BCUT2D eigenvalue weighted by atomic mass is 9.79. The van der Waals surface area contributed by atoms with Gasteiger partial charge in [-0.25, -0.2) is 0 Å². The third-order valence-electron chi connectivity index (χ3n) is 6.06. The van der Waals surface area contributed by atoms with Crippen molar-refractivity contribution < 1.29 is 0 Å². The summed E-state index contributed by atoms with van der Waals surface area (Å²) in [6.07, 6.45) is 0. The van der Waals surface area contributed by atoms with Gasteiger partial charge < -0.3 is 0 Å². The molecular formula is C36H42. The molecule has 0 saturated heterocycles. The maximum Gasteiger partial charge on any atom is 0.0261 e. The van der Waals surface area contributed by atoms with Gasteiger partial charge in [0, 0.05) is 11.1 Å². The molecule has 0 aliphatic heterocycles. The molecule has 0 bridgehead atoms. The Morgan fingerprint density at radius 1 is 0.333 bits per heavy atom. The fourth-order valence-corrected chi connectivity index (χ4v) is 3.46. The lowest BCUT2D eigenvalue weighted by Gasteiger charge is -2.25. The highest BCUT2D eigenvalue weighted by Gasteiger charge is 2.21. The summed E-state index contributed by atoms with van der Waals surface area (Å²) < 4.78 is 0. The molecule has 0 amide bonds. The van der Waals surface area contributed by atoms with Crippen LogP contribution in [0.15, 0.2) is 36.4 Å². The van der Waals surface area contributed by atoms with Crippen molar-refractivity contribution in [1.29, 1.82) is 0 Å². The minimum absolute atomic E-state index is 0.0631. The smallest absolute Gasteiger partial charge is 0.0261 e. The molecule has 0 N–H and O–H groups in total. The van der Waals surface area contributed by atoms with Crippen LogP contribution in [0.1, 0.15) is 116 Å². The van der Waals surface area contributed by atoms with E-state index in [1.807, 2.05) is 0 Å². The fourth-order valence-electron chi connectivity index (χ4n) is 3.46. The molecule has 0 fully saturated rings. The zero-order valence-electron chi connectivity index (χ0n) is 24.5. The highest BCUT2D eigenvalue weighted by molar-refractivity contribution is 5.50. The Morgan fingerprint density at radius 3 is 0.778 bits per heavy atom. The van der Waals surface area contributed by atoms with Crippen LogP contribution in [0.3, 0.4) is 0 Å². The van der Waals surface area contributed by atoms with Crippen molar-refractivity contribution >= 4 is 0 Å². The van der Waals surface area contributed by atoms with E-state index in [2.05, 4.69) is 167 Å². The van der Waals surface area contributed by atoms with Crippen molar-refractivity contribution in [2.75, 3.05) is 0 Å². The average Bonchev–Trinajstić information content (AvgIpc) is 2.72. The SMILES string of the molecule is CC(C)(C)c1cc(C#CC#CC#CC#Cc2cc(C(C)(C)C)cc(C(C)(C)C)c2)cc(C(C)(C)C)c1. The van der Waals surface area contributed by atoms with E-state index in [4.69, 9.17) is 0 Å². The van der Waals surface area contributed by atoms with E-state index in [-0.39, 0.29) is 21.7 Å². The van der Waals surface area contributed by atoms with Crippen molar-refractivity contribution in [2.45, 2.75) is 105 Å². The predicted octanol–water partition coefficient (Wildman–Crippen LogP) is 8.29. The molecule has 36 heavy (non-hydrogen) atoms. The van der Waals surface area contributed by atoms with Gasteiger partial charge in [-0.3, -0.25) is 0 Å². The van der Waals surface area contributed by atoms with Crippen LogP contribution < -0.4 is 0 Å². The van der Waals surface area contributed by atoms with Crippen LogP contribution in [0.2, 0.25) is 0 Å². The summed E-state index contributed by atoms with van der Waals surface area (Å²) in [5, 5.41) is 0. The Hall–Kier alpha value is -3.32. The Balaban J connectivity index is 2.27. The molecule has 0 aliphatic rings. The van der Waals surface area contributed by atoms with Gasteiger partial charge in [0.2, 0.25) is 0 Å². The molecule has 2 aromatic carbocycles. The van der Waals surface area contributed by atoms with Crippen LogP contribution in [0.4, 0.5) is 0 Å². The first kappa shape index (κ1) is 28.9. The molecule has 0 radical (unpaired) electrons. The van der Waals surface area contributed by atoms with Crippen molar-refractivity contribution in [3.63, 3.8) is 0 Å². The summed E-state index contributed by atoms with van der Waals surface area (Å²) in [7, 11) is 0. The largest absolute Gasteiger partial charge is 0.0561 e. The molecule has 0 atom stereocenters. The first-order valence-corrected chi connectivity index (χ1v) is 12.7. The highest BCUT2D eigenvalue weighted by Crippen LogP contribution is 2.31. The van der Waals surface area contributed by atoms with Crippen LogP contribution in [-0.4, -0.2) is 0 Å². The topological polar surface area (TPSA) is 0 Å². The lowest BCUT2D eigenvalue weighted by Crippen LogP contribution is -2.16. The van der Waals surface area contributed by atoms with Crippen LogP contribution in [0, 0.1) is 47.4 Å². The van der Waals surface area contributed by atoms with Crippen LogP contribution >= 0.6 is 0 Å². The number of rotatable bonds is 0. The Labute approximate surface area is 221 Å². The summed E-state index contributed by atoms with van der Waals surface area (Å²) in [5.41, 5.74) is 7.37. The Kier molecular flexibility index (Phi) is 8.63. The maximum absolute atomic E-state index is 3.20. The Morgan fingerprint density at radius 2 is 0.556 bits per heavy atom. The van der Waals surface area contributed by atoms with E-state index < -0.39 is 0 Å². The quantitative estimate of drug-likeness (QED) is 0.337. The number of hydrogen-bond donors (Lipinski definition) is 0. The van der Waals surface area contributed by atoms with E-state index >= 15 is 0 Å². The van der Waals surface area contributed by atoms with E-state index in [0.29, 0.717) is 0 Å². The van der Waals surface area contributed by atoms with Gasteiger partial charge in [-0.15, -0.1) is 0 Å². The molecule has 0 heteroatoms. The fraction of sp³-hybridized carbons (Fsp3) is 0.444. The molecule has 2 aromatic rings. The molecule has 0 heterocycles. The van der Waals surface area contributed by atoms with Crippen LogP contribution in [-0.2, 0) is 21.7 Å². The van der Waals surface area contributed by atoms with E-state index in [9.17, 15) is 0 Å². The number of benzene rings is 2. The molecule has 0 saturated carbocycles. The summed E-state index contributed by atoms with van der Waals surface area (Å²) in [6, 6.07) is 13.2. The van der Waals surface area contributed by atoms with E-state index in [0.717, 1.165) is 11.1 Å². The van der Waals surface area contributed by atoms with Gasteiger partial charge in [0.1, 0.15) is 0 Å². The molecule has 0 nitrogen and oxygen atoms in total.